The maximum Gasteiger partial charge on any atom is 0.227 e. The van der Waals surface area contributed by atoms with Crippen LogP contribution in [0, 0.1) is 12.8 Å². The standard InChI is InChI=1S/C17H26N2O4S/c1-4-11-23-15-5-6-16(13(2)12-15)18-17(20)14-7-9-19(10-8-14)24(3,21)22/h5-6,12,14H,4,7-11H2,1-3H3,(H,18,20). The van der Waals surface area contributed by atoms with Crippen LogP contribution in [-0.2, 0) is 14.8 Å². The third kappa shape index (κ3) is 4.95. The molecule has 134 valence electrons. The summed E-state index contributed by atoms with van der Waals surface area (Å²) in [6.07, 6.45) is 3.26. The quantitative estimate of drug-likeness (QED) is 0.851. The summed E-state index contributed by atoms with van der Waals surface area (Å²) in [6.45, 7) is 5.46. The number of benzene rings is 1. The van der Waals surface area contributed by atoms with Crippen LogP contribution in [-0.4, -0.2) is 44.6 Å². The molecule has 1 heterocycles. The lowest BCUT2D eigenvalue weighted by Gasteiger charge is -2.29. The van der Waals surface area contributed by atoms with E-state index in [-0.39, 0.29) is 11.8 Å². The SMILES string of the molecule is CCCOc1ccc(NC(=O)C2CCN(S(C)(=O)=O)CC2)c(C)c1. The molecule has 0 radical (unpaired) electrons. The fourth-order valence-electron chi connectivity index (χ4n) is 2.77. The van der Waals surface area contributed by atoms with Gasteiger partial charge >= 0.3 is 0 Å². The number of aryl methyl sites for hydroxylation is 1. The van der Waals surface area contributed by atoms with E-state index in [1.807, 2.05) is 25.1 Å². The smallest absolute Gasteiger partial charge is 0.227 e. The molecule has 0 bridgehead atoms. The number of carbonyl (C=O) groups is 1. The fraction of sp³-hybridized carbons (Fsp3) is 0.588. The molecule has 1 N–H and O–H groups in total. The van der Waals surface area contributed by atoms with Crippen molar-refractivity contribution in [3.05, 3.63) is 23.8 Å². The zero-order chi connectivity index (χ0) is 17.7. The molecular weight excluding hydrogens is 328 g/mol. The Morgan fingerprint density at radius 1 is 1.33 bits per heavy atom. The van der Waals surface area contributed by atoms with E-state index in [2.05, 4.69) is 12.2 Å². The topological polar surface area (TPSA) is 75.7 Å². The summed E-state index contributed by atoms with van der Waals surface area (Å²) in [5.41, 5.74) is 1.72. The maximum absolute atomic E-state index is 12.4. The predicted octanol–water partition coefficient (Wildman–Crippen LogP) is 2.39. The number of anilines is 1. The van der Waals surface area contributed by atoms with Crippen molar-refractivity contribution in [1.29, 1.82) is 0 Å². The van der Waals surface area contributed by atoms with Crippen LogP contribution < -0.4 is 10.1 Å². The summed E-state index contributed by atoms with van der Waals surface area (Å²) in [4.78, 5) is 12.4. The monoisotopic (exact) mass is 354 g/mol. The van der Waals surface area contributed by atoms with Gasteiger partial charge in [-0.1, -0.05) is 6.92 Å². The summed E-state index contributed by atoms with van der Waals surface area (Å²) in [5, 5.41) is 2.95. The maximum atomic E-state index is 12.4. The first-order chi connectivity index (χ1) is 11.3. The Balaban J connectivity index is 1.93. The molecule has 0 aliphatic carbocycles. The molecule has 0 saturated carbocycles. The molecule has 0 aromatic heterocycles. The molecule has 1 aliphatic rings. The van der Waals surface area contributed by atoms with Crippen LogP contribution in [0.5, 0.6) is 5.75 Å². The van der Waals surface area contributed by atoms with Gasteiger partial charge in [0.25, 0.3) is 0 Å². The molecule has 6 nitrogen and oxygen atoms in total. The van der Waals surface area contributed by atoms with Gasteiger partial charge in [-0.2, -0.15) is 0 Å². The number of hydrogen-bond donors (Lipinski definition) is 1. The number of hydrogen-bond acceptors (Lipinski definition) is 4. The highest BCUT2D eigenvalue weighted by Gasteiger charge is 2.29. The first kappa shape index (κ1) is 18.7. The van der Waals surface area contributed by atoms with Crippen LogP contribution in [0.2, 0.25) is 0 Å². The lowest BCUT2D eigenvalue weighted by Crippen LogP contribution is -2.40. The van der Waals surface area contributed by atoms with Gasteiger partial charge in [-0.25, -0.2) is 12.7 Å². The fourth-order valence-corrected chi connectivity index (χ4v) is 3.64. The van der Waals surface area contributed by atoms with Gasteiger partial charge in [0, 0.05) is 24.7 Å². The lowest BCUT2D eigenvalue weighted by atomic mass is 9.97. The summed E-state index contributed by atoms with van der Waals surface area (Å²) < 4.78 is 30.1. The summed E-state index contributed by atoms with van der Waals surface area (Å²) in [7, 11) is -3.17. The minimum atomic E-state index is -3.17. The zero-order valence-electron chi connectivity index (χ0n) is 14.5. The lowest BCUT2D eigenvalue weighted by molar-refractivity contribution is -0.120. The first-order valence-electron chi connectivity index (χ1n) is 8.30. The highest BCUT2D eigenvalue weighted by Crippen LogP contribution is 2.24. The van der Waals surface area contributed by atoms with Crippen molar-refractivity contribution < 1.29 is 17.9 Å². The molecule has 1 saturated heterocycles. The van der Waals surface area contributed by atoms with E-state index in [0.717, 1.165) is 23.4 Å². The highest BCUT2D eigenvalue weighted by atomic mass is 32.2. The molecule has 24 heavy (non-hydrogen) atoms. The Labute approximate surface area is 144 Å². The molecular formula is C17H26N2O4S. The second-order valence-electron chi connectivity index (χ2n) is 6.25. The number of carbonyl (C=O) groups excluding carboxylic acids is 1. The molecule has 1 fully saturated rings. The molecule has 0 unspecified atom stereocenters. The van der Waals surface area contributed by atoms with Crippen molar-refractivity contribution in [2.24, 2.45) is 5.92 Å². The van der Waals surface area contributed by atoms with Crippen molar-refractivity contribution in [3.63, 3.8) is 0 Å². The van der Waals surface area contributed by atoms with E-state index in [9.17, 15) is 13.2 Å². The number of nitrogens with one attached hydrogen (secondary N) is 1. The van der Waals surface area contributed by atoms with Gasteiger partial charge in [-0.05, 0) is 49.9 Å². The summed E-state index contributed by atoms with van der Waals surface area (Å²) in [6, 6.07) is 5.62. The second-order valence-corrected chi connectivity index (χ2v) is 8.23. The van der Waals surface area contributed by atoms with Crippen LogP contribution >= 0.6 is 0 Å². The number of rotatable bonds is 6. The number of amides is 1. The average Bonchev–Trinajstić information content (AvgIpc) is 2.54. The van der Waals surface area contributed by atoms with Gasteiger partial charge in [-0.3, -0.25) is 4.79 Å². The van der Waals surface area contributed by atoms with Crippen LogP contribution in [0.4, 0.5) is 5.69 Å². The molecule has 0 spiro atoms. The van der Waals surface area contributed by atoms with Gasteiger partial charge in [-0.15, -0.1) is 0 Å². The Bertz CT molecular complexity index is 680. The molecule has 1 aromatic rings. The molecule has 1 amide bonds. The summed E-state index contributed by atoms with van der Waals surface area (Å²) >= 11 is 0. The van der Waals surface area contributed by atoms with Crippen molar-refractivity contribution in [3.8, 4) is 5.75 Å². The third-order valence-electron chi connectivity index (χ3n) is 4.22. The van der Waals surface area contributed by atoms with Crippen molar-refractivity contribution in [2.75, 3.05) is 31.3 Å². The number of piperidine rings is 1. The minimum absolute atomic E-state index is 0.0477. The van der Waals surface area contributed by atoms with E-state index in [1.165, 1.54) is 10.6 Å². The molecule has 2 rings (SSSR count). The highest BCUT2D eigenvalue weighted by molar-refractivity contribution is 7.88. The summed E-state index contributed by atoms with van der Waals surface area (Å²) in [5.74, 6) is 0.598. The Morgan fingerprint density at radius 3 is 2.54 bits per heavy atom. The van der Waals surface area contributed by atoms with Crippen molar-refractivity contribution in [2.45, 2.75) is 33.1 Å². The second kappa shape index (κ2) is 7.98. The molecule has 1 aromatic carbocycles. The van der Waals surface area contributed by atoms with Gasteiger partial charge in [0.1, 0.15) is 5.75 Å². The average molecular weight is 354 g/mol. The van der Waals surface area contributed by atoms with Gasteiger partial charge in [0.15, 0.2) is 0 Å². The van der Waals surface area contributed by atoms with Gasteiger partial charge in [0.2, 0.25) is 15.9 Å². The third-order valence-corrected chi connectivity index (χ3v) is 5.53. The number of nitrogens with zero attached hydrogens (tertiary/aromatic N) is 1. The van der Waals surface area contributed by atoms with Crippen LogP contribution in [0.25, 0.3) is 0 Å². The zero-order valence-corrected chi connectivity index (χ0v) is 15.4. The van der Waals surface area contributed by atoms with Crippen LogP contribution in [0.3, 0.4) is 0 Å². The largest absolute Gasteiger partial charge is 0.494 e. The Kier molecular flexibility index (Phi) is 6.23. The number of sulfonamides is 1. The first-order valence-corrected chi connectivity index (χ1v) is 10.2. The number of ether oxygens (including phenoxy) is 1. The normalized spacial score (nSPS) is 16.8. The van der Waals surface area contributed by atoms with Crippen LogP contribution in [0.15, 0.2) is 18.2 Å². The van der Waals surface area contributed by atoms with E-state index >= 15 is 0 Å². The molecule has 0 atom stereocenters. The van der Waals surface area contributed by atoms with E-state index in [0.29, 0.717) is 32.5 Å². The molecule has 1 aliphatic heterocycles. The molecule has 7 heteroatoms. The van der Waals surface area contributed by atoms with Gasteiger partial charge < -0.3 is 10.1 Å². The van der Waals surface area contributed by atoms with Gasteiger partial charge in [0.05, 0.1) is 12.9 Å². The Hall–Kier alpha value is -1.60. The van der Waals surface area contributed by atoms with E-state index < -0.39 is 10.0 Å². The minimum Gasteiger partial charge on any atom is -0.494 e. The van der Waals surface area contributed by atoms with Crippen LogP contribution in [0.1, 0.15) is 31.7 Å². The Morgan fingerprint density at radius 2 is 2.00 bits per heavy atom. The van der Waals surface area contributed by atoms with Crippen molar-refractivity contribution in [1.82, 2.24) is 4.31 Å². The van der Waals surface area contributed by atoms with E-state index in [1.54, 1.807) is 0 Å². The van der Waals surface area contributed by atoms with E-state index in [4.69, 9.17) is 4.74 Å². The van der Waals surface area contributed by atoms with Crippen molar-refractivity contribution >= 4 is 21.6 Å². The predicted molar refractivity (Wildman–Crippen MR) is 94.7 cm³/mol.